The fourth-order valence-corrected chi connectivity index (χ4v) is 1.84. The number of unbranched alkanes of at least 4 members (excludes halogenated alkanes) is 3. The summed E-state index contributed by atoms with van der Waals surface area (Å²) in [6.07, 6.45) is 4.56. The topological polar surface area (TPSA) is 55.1 Å². The lowest BCUT2D eigenvalue weighted by Crippen LogP contribution is -2.24. The van der Waals surface area contributed by atoms with Crippen molar-refractivity contribution in [3.8, 4) is 0 Å². The van der Waals surface area contributed by atoms with Crippen LogP contribution >= 0.6 is 11.6 Å². The molecule has 0 aromatic heterocycles. The van der Waals surface area contributed by atoms with Crippen LogP contribution in [0.1, 0.15) is 43.0 Å². The van der Waals surface area contributed by atoms with Crippen LogP contribution in [0.2, 0.25) is 5.02 Å². The van der Waals surface area contributed by atoms with Gasteiger partial charge in [0.25, 0.3) is 5.91 Å². The lowest BCUT2D eigenvalue weighted by Gasteiger charge is -2.06. The van der Waals surface area contributed by atoms with Crippen LogP contribution in [0.25, 0.3) is 0 Å². The molecule has 0 atom stereocenters. The fourth-order valence-electron chi connectivity index (χ4n) is 1.60. The molecule has 0 saturated heterocycles. The van der Waals surface area contributed by atoms with Gasteiger partial charge in [0.2, 0.25) is 0 Å². The molecule has 0 spiro atoms. The van der Waals surface area contributed by atoms with Gasteiger partial charge in [0.05, 0.1) is 0 Å². The first-order chi connectivity index (χ1) is 8.13. The molecular formula is C13H19ClN2O. The van der Waals surface area contributed by atoms with Crippen LogP contribution in [-0.4, -0.2) is 12.5 Å². The van der Waals surface area contributed by atoms with Crippen LogP contribution in [0.4, 0.5) is 5.69 Å². The van der Waals surface area contributed by atoms with Crippen molar-refractivity contribution in [2.45, 2.75) is 32.6 Å². The minimum Gasteiger partial charge on any atom is -0.399 e. The van der Waals surface area contributed by atoms with Crippen molar-refractivity contribution in [1.82, 2.24) is 5.32 Å². The van der Waals surface area contributed by atoms with Crippen LogP contribution in [0.3, 0.4) is 0 Å². The van der Waals surface area contributed by atoms with Gasteiger partial charge in [-0.05, 0) is 24.6 Å². The Hall–Kier alpha value is -1.22. The Bertz CT molecular complexity index is 359. The van der Waals surface area contributed by atoms with E-state index in [4.69, 9.17) is 17.3 Å². The maximum atomic E-state index is 11.8. The quantitative estimate of drug-likeness (QED) is 0.605. The van der Waals surface area contributed by atoms with Crippen molar-refractivity contribution >= 4 is 23.2 Å². The van der Waals surface area contributed by atoms with E-state index in [9.17, 15) is 4.79 Å². The van der Waals surface area contributed by atoms with Crippen molar-refractivity contribution in [2.24, 2.45) is 0 Å². The number of benzene rings is 1. The highest BCUT2D eigenvalue weighted by molar-refractivity contribution is 6.31. The number of hydrogen-bond acceptors (Lipinski definition) is 2. The second-order valence-electron chi connectivity index (χ2n) is 4.09. The van der Waals surface area contributed by atoms with Gasteiger partial charge in [-0.25, -0.2) is 0 Å². The van der Waals surface area contributed by atoms with E-state index in [-0.39, 0.29) is 5.91 Å². The number of halogens is 1. The molecule has 0 radical (unpaired) electrons. The van der Waals surface area contributed by atoms with Crippen LogP contribution in [0, 0.1) is 0 Å². The Balaban J connectivity index is 2.41. The lowest BCUT2D eigenvalue weighted by atomic mass is 10.1. The van der Waals surface area contributed by atoms with Gasteiger partial charge in [-0.15, -0.1) is 0 Å². The average Bonchev–Trinajstić information content (AvgIpc) is 2.27. The number of anilines is 1. The predicted molar refractivity (Wildman–Crippen MR) is 72.3 cm³/mol. The molecule has 0 heterocycles. The molecule has 94 valence electrons. The molecule has 0 aliphatic carbocycles. The minimum atomic E-state index is -0.115. The number of rotatable bonds is 6. The molecule has 3 nitrogen and oxygen atoms in total. The van der Waals surface area contributed by atoms with Gasteiger partial charge >= 0.3 is 0 Å². The van der Waals surface area contributed by atoms with Crippen LogP contribution < -0.4 is 11.1 Å². The summed E-state index contributed by atoms with van der Waals surface area (Å²) in [5.74, 6) is -0.115. The Kier molecular flexibility index (Phi) is 5.84. The first-order valence-electron chi connectivity index (χ1n) is 5.97. The maximum Gasteiger partial charge on any atom is 0.251 e. The number of carbonyl (C=O) groups is 1. The van der Waals surface area contributed by atoms with Crippen molar-refractivity contribution < 1.29 is 4.79 Å². The molecule has 0 unspecified atom stereocenters. The molecule has 1 aromatic rings. The first-order valence-corrected chi connectivity index (χ1v) is 6.35. The minimum absolute atomic E-state index is 0.115. The van der Waals surface area contributed by atoms with Gasteiger partial charge in [0.1, 0.15) is 0 Å². The Morgan fingerprint density at radius 3 is 2.71 bits per heavy atom. The van der Waals surface area contributed by atoms with Gasteiger partial charge in [0, 0.05) is 22.8 Å². The molecule has 0 fully saturated rings. The van der Waals surface area contributed by atoms with Crippen molar-refractivity contribution in [2.75, 3.05) is 12.3 Å². The highest BCUT2D eigenvalue weighted by atomic mass is 35.5. The van der Waals surface area contributed by atoms with Gasteiger partial charge in [-0.2, -0.15) is 0 Å². The highest BCUT2D eigenvalue weighted by Gasteiger charge is 2.06. The summed E-state index contributed by atoms with van der Waals surface area (Å²) in [5, 5.41) is 3.35. The van der Waals surface area contributed by atoms with E-state index in [1.165, 1.54) is 12.8 Å². The molecule has 0 aliphatic heterocycles. The van der Waals surface area contributed by atoms with E-state index >= 15 is 0 Å². The molecule has 1 rings (SSSR count). The standard InChI is InChI=1S/C13H19ClN2O/c1-2-3-4-5-6-16-13(17)10-7-11(14)9-12(15)8-10/h7-9H,2-6,15H2,1H3,(H,16,17). The zero-order valence-corrected chi connectivity index (χ0v) is 10.9. The average molecular weight is 255 g/mol. The van der Waals surface area contributed by atoms with Crippen LogP contribution in [0.5, 0.6) is 0 Å². The highest BCUT2D eigenvalue weighted by Crippen LogP contribution is 2.16. The van der Waals surface area contributed by atoms with Crippen LogP contribution in [-0.2, 0) is 0 Å². The number of nitrogens with one attached hydrogen (secondary N) is 1. The number of nitrogen functional groups attached to an aromatic ring is 1. The van der Waals surface area contributed by atoms with Gasteiger partial charge in [-0.1, -0.05) is 37.8 Å². The van der Waals surface area contributed by atoms with Gasteiger partial charge < -0.3 is 11.1 Å². The SMILES string of the molecule is CCCCCCNC(=O)c1cc(N)cc(Cl)c1. The monoisotopic (exact) mass is 254 g/mol. The van der Waals surface area contributed by atoms with Crippen LogP contribution in [0.15, 0.2) is 18.2 Å². The maximum absolute atomic E-state index is 11.8. The molecule has 0 bridgehead atoms. The molecular weight excluding hydrogens is 236 g/mol. The largest absolute Gasteiger partial charge is 0.399 e. The first kappa shape index (κ1) is 13.8. The van der Waals surface area contributed by atoms with E-state index in [1.807, 2.05) is 0 Å². The van der Waals surface area contributed by atoms with E-state index in [0.717, 1.165) is 12.8 Å². The van der Waals surface area contributed by atoms with Gasteiger partial charge in [0.15, 0.2) is 0 Å². The normalized spacial score (nSPS) is 10.2. The number of carbonyl (C=O) groups excluding carboxylic acids is 1. The zero-order chi connectivity index (χ0) is 12.7. The smallest absolute Gasteiger partial charge is 0.251 e. The van der Waals surface area contributed by atoms with Crippen molar-refractivity contribution in [3.63, 3.8) is 0 Å². The second kappa shape index (κ2) is 7.17. The molecule has 17 heavy (non-hydrogen) atoms. The van der Waals surface area contributed by atoms with Crippen molar-refractivity contribution in [3.05, 3.63) is 28.8 Å². The van der Waals surface area contributed by atoms with Gasteiger partial charge in [-0.3, -0.25) is 4.79 Å². The third-order valence-electron chi connectivity index (χ3n) is 2.50. The van der Waals surface area contributed by atoms with E-state index in [0.29, 0.717) is 22.8 Å². The molecule has 1 amide bonds. The number of nitrogens with two attached hydrogens (primary N) is 1. The lowest BCUT2D eigenvalue weighted by molar-refractivity contribution is 0.0953. The molecule has 1 aromatic carbocycles. The Morgan fingerprint density at radius 1 is 1.29 bits per heavy atom. The molecule has 3 N–H and O–H groups in total. The Labute approximate surface area is 107 Å². The summed E-state index contributed by atoms with van der Waals surface area (Å²) in [5.41, 5.74) is 6.65. The summed E-state index contributed by atoms with van der Waals surface area (Å²) in [6.45, 7) is 2.86. The fraction of sp³-hybridized carbons (Fsp3) is 0.462. The molecule has 0 aliphatic rings. The predicted octanol–water partition coefficient (Wildman–Crippen LogP) is 3.23. The number of amides is 1. The molecule has 4 heteroatoms. The third-order valence-corrected chi connectivity index (χ3v) is 2.72. The van der Waals surface area contributed by atoms with E-state index in [1.54, 1.807) is 18.2 Å². The summed E-state index contributed by atoms with van der Waals surface area (Å²) in [6, 6.07) is 4.88. The van der Waals surface area contributed by atoms with E-state index in [2.05, 4.69) is 12.2 Å². The summed E-state index contributed by atoms with van der Waals surface area (Å²) in [4.78, 5) is 11.8. The summed E-state index contributed by atoms with van der Waals surface area (Å²) < 4.78 is 0. The second-order valence-corrected chi connectivity index (χ2v) is 4.53. The number of hydrogen-bond donors (Lipinski definition) is 2. The van der Waals surface area contributed by atoms with E-state index < -0.39 is 0 Å². The summed E-state index contributed by atoms with van der Waals surface area (Å²) in [7, 11) is 0. The zero-order valence-electron chi connectivity index (χ0n) is 10.1. The summed E-state index contributed by atoms with van der Waals surface area (Å²) >= 11 is 5.84. The Morgan fingerprint density at radius 2 is 2.06 bits per heavy atom. The molecule has 0 saturated carbocycles. The third kappa shape index (κ3) is 5.09. The van der Waals surface area contributed by atoms with Crippen molar-refractivity contribution in [1.29, 1.82) is 0 Å².